The van der Waals surface area contributed by atoms with E-state index in [1.165, 1.54) is 12.1 Å². The molecule has 0 fully saturated rings. The summed E-state index contributed by atoms with van der Waals surface area (Å²) in [6, 6.07) is 28.9. The molecule has 0 saturated heterocycles. The Hall–Kier alpha value is -5.90. The predicted octanol–water partition coefficient (Wildman–Crippen LogP) is 7.36. The number of ether oxygens (including phenoxy) is 1. The van der Waals surface area contributed by atoms with Crippen LogP contribution in [0.3, 0.4) is 0 Å². The summed E-state index contributed by atoms with van der Waals surface area (Å²) in [5, 5.41) is 5.66. The number of nitrogens with one attached hydrogen (secondary N) is 2. The molecule has 1 aliphatic carbocycles. The molecule has 0 heterocycles. The van der Waals surface area contributed by atoms with Crippen LogP contribution in [0, 0.1) is 0 Å². The average Bonchev–Trinajstić information content (AvgIpc) is 3.34. The van der Waals surface area contributed by atoms with E-state index in [0.717, 1.165) is 17.7 Å². The van der Waals surface area contributed by atoms with E-state index in [4.69, 9.17) is 4.74 Å². The molecule has 1 atom stereocenters. The molecule has 2 N–H and O–H groups in total. The maximum Gasteiger partial charge on any atom is 0.416 e. The summed E-state index contributed by atoms with van der Waals surface area (Å²) in [6.45, 7) is 0.0180. The number of carbonyl (C=O) groups excluding carboxylic acids is 3. The predicted molar refractivity (Wildman–Crippen MR) is 180 cm³/mol. The van der Waals surface area contributed by atoms with Crippen molar-refractivity contribution in [2.24, 2.45) is 0 Å². The van der Waals surface area contributed by atoms with E-state index in [-0.39, 0.29) is 12.5 Å². The Balaban J connectivity index is 1.21. The quantitative estimate of drug-likeness (QED) is 0.175. The van der Waals surface area contributed by atoms with Gasteiger partial charge in [0, 0.05) is 31.3 Å². The first-order valence-corrected chi connectivity index (χ1v) is 15.5. The summed E-state index contributed by atoms with van der Waals surface area (Å²) < 4.78 is 44.9. The molecule has 250 valence electrons. The maximum atomic E-state index is 13.5. The molecule has 7 nitrogen and oxygen atoms in total. The molecule has 10 heteroatoms. The molecule has 0 aliphatic heterocycles. The van der Waals surface area contributed by atoms with Gasteiger partial charge < -0.3 is 20.3 Å². The first-order valence-electron chi connectivity index (χ1n) is 15.5. The molecule has 1 aliphatic rings. The van der Waals surface area contributed by atoms with E-state index in [9.17, 15) is 27.6 Å². The van der Waals surface area contributed by atoms with Gasteiger partial charge in [0.1, 0.15) is 11.8 Å². The van der Waals surface area contributed by atoms with Gasteiger partial charge in [-0.05, 0) is 58.7 Å². The zero-order valence-corrected chi connectivity index (χ0v) is 26.6. The van der Waals surface area contributed by atoms with Crippen LogP contribution in [0.2, 0.25) is 0 Å². The van der Waals surface area contributed by atoms with Gasteiger partial charge in [0.25, 0.3) is 11.8 Å². The number of likely N-dealkylation sites (N-methyl/N-ethyl adjacent to an activating group) is 1. The van der Waals surface area contributed by atoms with Crippen LogP contribution in [0.25, 0.3) is 11.1 Å². The number of nitrogens with zero attached hydrogens (tertiary/aromatic N) is 1. The highest BCUT2D eigenvalue weighted by molar-refractivity contribution is 6.01. The third-order valence-corrected chi connectivity index (χ3v) is 7.73. The van der Waals surface area contributed by atoms with Gasteiger partial charge in [-0.25, -0.2) is 0 Å². The zero-order chi connectivity index (χ0) is 34.8. The lowest BCUT2D eigenvalue weighted by Crippen LogP contribution is -2.42. The average molecular weight is 666 g/mol. The van der Waals surface area contributed by atoms with Gasteiger partial charge >= 0.3 is 6.18 Å². The van der Waals surface area contributed by atoms with Crippen LogP contribution in [0.1, 0.15) is 39.5 Å². The highest BCUT2D eigenvalue weighted by Gasteiger charge is 2.30. The Bertz CT molecular complexity index is 1870. The molecule has 49 heavy (non-hydrogen) atoms. The van der Waals surface area contributed by atoms with Crippen molar-refractivity contribution in [1.82, 2.24) is 15.5 Å². The Morgan fingerprint density at radius 2 is 1.49 bits per heavy atom. The molecule has 0 unspecified atom stereocenters. The van der Waals surface area contributed by atoms with Crippen molar-refractivity contribution in [3.05, 3.63) is 167 Å². The van der Waals surface area contributed by atoms with E-state index in [1.807, 2.05) is 36.4 Å². The number of benzene rings is 4. The van der Waals surface area contributed by atoms with E-state index < -0.39 is 29.6 Å². The third kappa shape index (κ3) is 9.35. The number of rotatable bonds is 11. The number of hydrogen-bond donors (Lipinski definition) is 2. The monoisotopic (exact) mass is 665 g/mol. The second kappa shape index (κ2) is 15.8. The van der Waals surface area contributed by atoms with Crippen LogP contribution in [-0.4, -0.2) is 36.3 Å². The first kappa shape index (κ1) is 34.4. The fourth-order valence-electron chi connectivity index (χ4n) is 5.22. The molecule has 4 aromatic rings. The molecule has 0 aromatic heterocycles. The standard InChI is InChI=1S/C39H34F3N3O4/c1-45(25-27-11-4-2-5-12-27)38(48)36(29-13-6-3-7-14-29)44-35(46)26-49-32-16-10-15-31(23-24-32)43-37(47)34-18-9-8-17-33(34)28-19-21-30(22-20-28)39(40,41)42/h2-14,16-24,36H,15,25-26H2,1H3,(H,43,47)(H,44,46)/t36-/m0/s1. The smallest absolute Gasteiger partial charge is 0.416 e. The molecule has 0 radical (unpaired) electrons. The van der Waals surface area contributed by atoms with Gasteiger partial charge in [-0.2, -0.15) is 13.2 Å². The molecule has 5 rings (SSSR count). The molecule has 4 aromatic carbocycles. The molecule has 0 saturated carbocycles. The van der Waals surface area contributed by atoms with Gasteiger partial charge in [0.05, 0.1) is 5.56 Å². The minimum Gasteiger partial charge on any atom is -0.484 e. The van der Waals surface area contributed by atoms with Crippen LogP contribution < -0.4 is 10.6 Å². The van der Waals surface area contributed by atoms with Crippen molar-refractivity contribution in [1.29, 1.82) is 0 Å². The van der Waals surface area contributed by atoms with Gasteiger partial charge in [-0.3, -0.25) is 14.4 Å². The Labute approximate surface area is 282 Å². The Kier molecular flexibility index (Phi) is 11.1. The SMILES string of the molecule is CN(Cc1ccccc1)C(=O)[C@@H](NC(=O)COC1=CC=C(NC(=O)c2ccccc2-c2ccc(C(F)(F)F)cc2)CC=C1)c1ccccc1. The minimum atomic E-state index is -4.46. The normalized spacial score (nSPS) is 13.3. The van der Waals surface area contributed by atoms with Crippen molar-refractivity contribution in [2.45, 2.75) is 25.2 Å². The van der Waals surface area contributed by atoms with Crippen molar-refractivity contribution < 1.29 is 32.3 Å². The maximum absolute atomic E-state index is 13.5. The second-order valence-corrected chi connectivity index (χ2v) is 11.3. The highest BCUT2D eigenvalue weighted by Crippen LogP contribution is 2.32. The van der Waals surface area contributed by atoms with Crippen LogP contribution >= 0.6 is 0 Å². The van der Waals surface area contributed by atoms with Crippen molar-refractivity contribution in [3.8, 4) is 11.1 Å². The van der Waals surface area contributed by atoms with Crippen LogP contribution in [-0.2, 0) is 27.0 Å². The summed E-state index contributed by atoms with van der Waals surface area (Å²) in [5.74, 6) is -0.832. The molecule has 3 amide bonds. The lowest BCUT2D eigenvalue weighted by atomic mass is 9.98. The number of allylic oxidation sites excluding steroid dienone is 4. The van der Waals surface area contributed by atoms with E-state index in [2.05, 4.69) is 10.6 Å². The van der Waals surface area contributed by atoms with E-state index in [0.29, 0.717) is 46.7 Å². The van der Waals surface area contributed by atoms with E-state index in [1.54, 1.807) is 84.8 Å². The second-order valence-electron chi connectivity index (χ2n) is 11.3. The molecule has 0 spiro atoms. The van der Waals surface area contributed by atoms with E-state index >= 15 is 0 Å². The fourth-order valence-corrected chi connectivity index (χ4v) is 5.22. The molecule has 0 bridgehead atoms. The summed E-state index contributed by atoms with van der Waals surface area (Å²) in [7, 11) is 1.69. The van der Waals surface area contributed by atoms with Gasteiger partial charge in [-0.15, -0.1) is 0 Å². The minimum absolute atomic E-state index is 0.278. The number of alkyl halides is 3. The third-order valence-electron chi connectivity index (χ3n) is 7.73. The lowest BCUT2D eigenvalue weighted by Gasteiger charge is -2.25. The van der Waals surface area contributed by atoms with Crippen LogP contribution in [0.5, 0.6) is 0 Å². The summed E-state index contributed by atoms with van der Waals surface area (Å²) in [4.78, 5) is 41.4. The number of hydrogen-bond acceptors (Lipinski definition) is 4. The largest absolute Gasteiger partial charge is 0.484 e. The van der Waals surface area contributed by atoms with Crippen LogP contribution in [0.4, 0.5) is 13.2 Å². The fraction of sp³-hybridized carbons (Fsp3) is 0.154. The lowest BCUT2D eigenvalue weighted by molar-refractivity contribution is -0.137. The Morgan fingerprint density at radius 1 is 0.837 bits per heavy atom. The summed E-state index contributed by atoms with van der Waals surface area (Å²) in [5.41, 5.74) is 2.63. The van der Waals surface area contributed by atoms with Gasteiger partial charge in [0.2, 0.25) is 5.91 Å². The molecular weight excluding hydrogens is 631 g/mol. The summed E-state index contributed by atoms with van der Waals surface area (Å²) >= 11 is 0. The number of halogens is 3. The van der Waals surface area contributed by atoms with Crippen molar-refractivity contribution in [3.63, 3.8) is 0 Å². The topological polar surface area (TPSA) is 87.7 Å². The van der Waals surface area contributed by atoms with Crippen molar-refractivity contribution in [2.75, 3.05) is 13.7 Å². The number of carbonyl (C=O) groups is 3. The zero-order valence-electron chi connectivity index (χ0n) is 26.6. The molecular formula is C39H34F3N3O4. The Morgan fingerprint density at radius 3 is 2.18 bits per heavy atom. The first-order chi connectivity index (χ1) is 23.6. The summed E-state index contributed by atoms with van der Waals surface area (Å²) in [6.07, 6.45) is 2.59. The van der Waals surface area contributed by atoms with Gasteiger partial charge in [-0.1, -0.05) is 97.1 Å². The van der Waals surface area contributed by atoms with Crippen molar-refractivity contribution >= 4 is 17.7 Å². The highest BCUT2D eigenvalue weighted by atomic mass is 19.4. The number of amides is 3. The van der Waals surface area contributed by atoms with Crippen LogP contribution in [0.15, 0.2) is 145 Å². The van der Waals surface area contributed by atoms with Gasteiger partial charge in [0.15, 0.2) is 6.61 Å².